The summed E-state index contributed by atoms with van der Waals surface area (Å²) in [5.41, 5.74) is 4.98. The van der Waals surface area contributed by atoms with E-state index in [9.17, 15) is 0 Å². The Hall–Kier alpha value is -2.92. The number of hydrogen-bond acceptors (Lipinski definition) is 5. The van der Waals surface area contributed by atoms with Crippen molar-refractivity contribution >= 4 is 0 Å². The maximum atomic E-state index is 5.60. The lowest BCUT2D eigenvalue weighted by atomic mass is 9.87. The maximum Gasteiger partial charge on any atom is 0.161 e. The van der Waals surface area contributed by atoms with E-state index in [1.807, 2.05) is 12.4 Å². The molecule has 5 nitrogen and oxygen atoms in total. The molecule has 0 amide bonds. The van der Waals surface area contributed by atoms with E-state index in [0.717, 1.165) is 48.8 Å². The van der Waals surface area contributed by atoms with Gasteiger partial charge in [0.05, 0.1) is 20.3 Å². The largest absolute Gasteiger partial charge is 0.493 e. The van der Waals surface area contributed by atoms with Crippen LogP contribution in [0.15, 0.2) is 54.9 Å². The van der Waals surface area contributed by atoms with Gasteiger partial charge in [-0.15, -0.1) is 0 Å². The second-order valence-corrected chi connectivity index (χ2v) is 7.30. The summed E-state index contributed by atoms with van der Waals surface area (Å²) in [6, 6.07) is 15.0. The fourth-order valence-electron chi connectivity index (χ4n) is 4.07. The summed E-state index contributed by atoms with van der Waals surface area (Å²) < 4.78 is 11.1. The maximum absolute atomic E-state index is 5.60. The molecule has 1 atom stereocenters. The van der Waals surface area contributed by atoms with Crippen molar-refractivity contribution in [1.82, 2.24) is 14.9 Å². The third-order valence-corrected chi connectivity index (χ3v) is 5.55. The molecule has 5 heteroatoms. The summed E-state index contributed by atoms with van der Waals surface area (Å²) in [5.74, 6) is 2.44. The Labute approximate surface area is 172 Å². The molecule has 0 aliphatic carbocycles. The van der Waals surface area contributed by atoms with E-state index in [1.54, 1.807) is 14.2 Å². The van der Waals surface area contributed by atoms with Crippen molar-refractivity contribution in [2.75, 3.05) is 20.8 Å². The van der Waals surface area contributed by atoms with Crippen molar-refractivity contribution in [1.29, 1.82) is 0 Å². The molecule has 0 saturated heterocycles. The van der Waals surface area contributed by atoms with Gasteiger partial charge in [0.2, 0.25) is 0 Å². The lowest BCUT2D eigenvalue weighted by Crippen LogP contribution is -2.35. The number of aryl methyl sites for hydroxylation is 1. The SMILES string of the molecule is CCc1ncc(CN2CCc3cc(OC)c(OC)cc3C2c2ccccc2)cn1. The molecule has 0 saturated carbocycles. The van der Waals surface area contributed by atoms with Crippen molar-refractivity contribution in [3.05, 3.63) is 82.9 Å². The molecule has 0 spiro atoms. The number of hydrogen-bond donors (Lipinski definition) is 0. The molecular formula is C24H27N3O2. The minimum Gasteiger partial charge on any atom is -0.493 e. The van der Waals surface area contributed by atoms with E-state index in [-0.39, 0.29) is 6.04 Å². The van der Waals surface area contributed by atoms with Gasteiger partial charge in [0.1, 0.15) is 5.82 Å². The Kier molecular flexibility index (Phi) is 5.76. The van der Waals surface area contributed by atoms with Gasteiger partial charge in [-0.2, -0.15) is 0 Å². The standard InChI is InChI=1S/C24H27N3O2/c1-4-23-25-14-17(15-26-23)16-27-11-10-19-12-21(28-2)22(29-3)13-20(19)24(27)18-8-6-5-7-9-18/h5-9,12-15,24H,4,10-11,16H2,1-3H3. The number of rotatable bonds is 6. The Balaban J connectivity index is 1.74. The first-order valence-corrected chi connectivity index (χ1v) is 10.1. The average Bonchev–Trinajstić information content (AvgIpc) is 2.79. The number of benzene rings is 2. The van der Waals surface area contributed by atoms with Gasteiger partial charge in [-0.05, 0) is 35.2 Å². The third-order valence-electron chi connectivity index (χ3n) is 5.55. The van der Waals surface area contributed by atoms with Gasteiger partial charge in [-0.25, -0.2) is 9.97 Å². The molecule has 0 bridgehead atoms. The average molecular weight is 389 g/mol. The Morgan fingerprint density at radius 1 is 1.00 bits per heavy atom. The van der Waals surface area contributed by atoms with Gasteiger partial charge >= 0.3 is 0 Å². The highest BCUT2D eigenvalue weighted by Crippen LogP contribution is 2.41. The van der Waals surface area contributed by atoms with Crippen molar-refractivity contribution in [3.8, 4) is 11.5 Å². The van der Waals surface area contributed by atoms with Crippen LogP contribution in [0.2, 0.25) is 0 Å². The summed E-state index contributed by atoms with van der Waals surface area (Å²) in [5, 5.41) is 0. The zero-order valence-corrected chi connectivity index (χ0v) is 17.3. The highest BCUT2D eigenvalue weighted by Gasteiger charge is 2.30. The molecule has 4 rings (SSSR count). The Bertz CT molecular complexity index is 958. The smallest absolute Gasteiger partial charge is 0.161 e. The molecule has 0 radical (unpaired) electrons. The van der Waals surface area contributed by atoms with E-state index >= 15 is 0 Å². The summed E-state index contributed by atoms with van der Waals surface area (Å²) in [6.07, 6.45) is 5.73. The molecule has 0 N–H and O–H groups in total. The summed E-state index contributed by atoms with van der Waals surface area (Å²) >= 11 is 0. The first-order valence-electron chi connectivity index (χ1n) is 10.1. The second-order valence-electron chi connectivity index (χ2n) is 7.30. The van der Waals surface area contributed by atoms with Crippen LogP contribution in [0.1, 0.15) is 41.0 Å². The lowest BCUT2D eigenvalue weighted by molar-refractivity contribution is 0.203. The van der Waals surface area contributed by atoms with Crippen LogP contribution in [0, 0.1) is 0 Å². The van der Waals surface area contributed by atoms with Crippen LogP contribution in [-0.2, 0) is 19.4 Å². The van der Waals surface area contributed by atoms with Gasteiger partial charge in [-0.3, -0.25) is 4.90 Å². The van der Waals surface area contributed by atoms with Crippen LogP contribution >= 0.6 is 0 Å². The van der Waals surface area contributed by atoms with Crippen LogP contribution in [0.25, 0.3) is 0 Å². The van der Waals surface area contributed by atoms with Crippen LogP contribution in [0.5, 0.6) is 11.5 Å². The van der Waals surface area contributed by atoms with Gasteiger partial charge in [0.25, 0.3) is 0 Å². The van der Waals surface area contributed by atoms with Crippen LogP contribution in [0.3, 0.4) is 0 Å². The Morgan fingerprint density at radius 2 is 1.69 bits per heavy atom. The lowest BCUT2D eigenvalue weighted by Gasteiger charge is -2.38. The topological polar surface area (TPSA) is 47.5 Å². The highest BCUT2D eigenvalue weighted by atomic mass is 16.5. The van der Waals surface area contributed by atoms with E-state index in [2.05, 4.69) is 64.3 Å². The summed E-state index contributed by atoms with van der Waals surface area (Å²) in [6.45, 7) is 3.83. The van der Waals surface area contributed by atoms with Gasteiger partial charge in [0.15, 0.2) is 11.5 Å². The molecule has 2 aromatic carbocycles. The number of nitrogens with zero attached hydrogens (tertiary/aromatic N) is 3. The molecule has 1 aliphatic heterocycles. The minimum absolute atomic E-state index is 0.144. The van der Waals surface area contributed by atoms with Crippen LogP contribution in [-0.4, -0.2) is 35.6 Å². The van der Waals surface area contributed by atoms with E-state index in [1.165, 1.54) is 16.7 Å². The van der Waals surface area contributed by atoms with Crippen molar-refractivity contribution in [3.63, 3.8) is 0 Å². The van der Waals surface area contributed by atoms with Crippen LogP contribution in [0.4, 0.5) is 0 Å². The zero-order chi connectivity index (χ0) is 20.2. The number of ether oxygens (including phenoxy) is 2. The molecule has 3 aromatic rings. The monoisotopic (exact) mass is 389 g/mol. The van der Waals surface area contributed by atoms with E-state index < -0.39 is 0 Å². The number of fused-ring (bicyclic) bond motifs is 1. The van der Waals surface area contributed by atoms with Crippen molar-refractivity contribution in [2.24, 2.45) is 0 Å². The highest BCUT2D eigenvalue weighted by molar-refractivity contribution is 5.51. The van der Waals surface area contributed by atoms with E-state index in [0.29, 0.717) is 0 Å². The van der Waals surface area contributed by atoms with Gasteiger partial charge < -0.3 is 9.47 Å². The van der Waals surface area contributed by atoms with Gasteiger partial charge in [-0.1, -0.05) is 37.3 Å². The first kappa shape index (κ1) is 19.4. The Morgan fingerprint density at radius 3 is 2.34 bits per heavy atom. The molecule has 2 heterocycles. The predicted octanol–water partition coefficient (Wildman–Crippen LogP) is 4.20. The van der Waals surface area contributed by atoms with Crippen molar-refractivity contribution in [2.45, 2.75) is 32.4 Å². The van der Waals surface area contributed by atoms with Crippen molar-refractivity contribution < 1.29 is 9.47 Å². The van der Waals surface area contributed by atoms with E-state index in [4.69, 9.17) is 9.47 Å². The second kappa shape index (κ2) is 8.62. The van der Waals surface area contributed by atoms with Gasteiger partial charge in [0, 0.05) is 37.5 Å². The third kappa shape index (κ3) is 3.96. The number of aromatic nitrogens is 2. The first-order chi connectivity index (χ1) is 14.2. The molecule has 1 unspecified atom stereocenters. The molecule has 29 heavy (non-hydrogen) atoms. The predicted molar refractivity (Wildman–Crippen MR) is 113 cm³/mol. The zero-order valence-electron chi connectivity index (χ0n) is 17.3. The molecule has 150 valence electrons. The molecular weight excluding hydrogens is 362 g/mol. The normalized spacial score (nSPS) is 16.3. The fourth-order valence-corrected chi connectivity index (χ4v) is 4.07. The molecule has 1 aromatic heterocycles. The number of methoxy groups -OCH3 is 2. The quantitative estimate of drug-likeness (QED) is 0.632. The summed E-state index contributed by atoms with van der Waals surface area (Å²) in [4.78, 5) is 11.5. The fraction of sp³-hybridized carbons (Fsp3) is 0.333. The summed E-state index contributed by atoms with van der Waals surface area (Å²) in [7, 11) is 3.38. The van der Waals surface area contributed by atoms with Crippen LogP contribution < -0.4 is 9.47 Å². The minimum atomic E-state index is 0.144. The molecule has 0 fully saturated rings. The molecule has 1 aliphatic rings.